The summed E-state index contributed by atoms with van der Waals surface area (Å²) >= 11 is 0. The van der Waals surface area contributed by atoms with Crippen LogP contribution in [0.15, 0.2) is 36.4 Å². The van der Waals surface area contributed by atoms with Gasteiger partial charge in [-0.05, 0) is 49.6 Å². The maximum Gasteiger partial charge on any atom is 0.111 e. The lowest BCUT2D eigenvalue weighted by atomic mass is 9.96. The highest BCUT2D eigenvalue weighted by Crippen LogP contribution is 2.34. The Morgan fingerprint density at radius 2 is 2.21 bits per heavy atom. The standard InChI is InChI=1S/C20H20N4/c1-13-6-7-16-18(24(13)2)9-8-17-20(16)23-19(22-17)11-14-4-3-5-15(10-14)12-21/h3-5,8-10,13H,6-7,11H2,1-2H3,(H,22,23)/t13-/m0/s1. The second-order valence-electron chi connectivity index (χ2n) is 6.63. The smallest absolute Gasteiger partial charge is 0.111 e. The molecule has 0 aliphatic carbocycles. The molecule has 0 saturated heterocycles. The third-order valence-electron chi connectivity index (χ3n) is 5.06. The molecule has 1 aromatic heterocycles. The monoisotopic (exact) mass is 316 g/mol. The van der Waals surface area contributed by atoms with Crippen molar-refractivity contribution >= 4 is 16.7 Å². The van der Waals surface area contributed by atoms with Crippen LogP contribution in [0, 0.1) is 11.3 Å². The van der Waals surface area contributed by atoms with Gasteiger partial charge in [-0.2, -0.15) is 5.26 Å². The molecule has 0 fully saturated rings. The summed E-state index contributed by atoms with van der Waals surface area (Å²) in [5, 5.41) is 9.04. The van der Waals surface area contributed by atoms with Crippen molar-refractivity contribution in [2.75, 3.05) is 11.9 Å². The summed E-state index contributed by atoms with van der Waals surface area (Å²) in [4.78, 5) is 10.7. The highest BCUT2D eigenvalue weighted by molar-refractivity contribution is 5.85. The van der Waals surface area contributed by atoms with Crippen molar-refractivity contribution in [2.45, 2.75) is 32.2 Å². The average molecular weight is 316 g/mol. The van der Waals surface area contributed by atoms with E-state index in [9.17, 15) is 0 Å². The Balaban J connectivity index is 1.72. The van der Waals surface area contributed by atoms with Gasteiger partial charge >= 0.3 is 0 Å². The highest BCUT2D eigenvalue weighted by atomic mass is 15.1. The zero-order chi connectivity index (χ0) is 16.7. The number of nitrogens with zero attached hydrogens (tertiary/aromatic N) is 3. The van der Waals surface area contributed by atoms with Gasteiger partial charge < -0.3 is 9.88 Å². The van der Waals surface area contributed by atoms with Crippen molar-refractivity contribution in [2.24, 2.45) is 0 Å². The Labute approximate surface area is 141 Å². The quantitative estimate of drug-likeness (QED) is 0.782. The third kappa shape index (κ3) is 2.43. The third-order valence-corrected chi connectivity index (χ3v) is 5.06. The number of hydrogen-bond acceptors (Lipinski definition) is 3. The molecule has 4 heteroatoms. The van der Waals surface area contributed by atoms with E-state index in [2.05, 4.69) is 42.1 Å². The molecule has 1 aliphatic rings. The number of hydrogen-bond donors (Lipinski definition) is 1. The summed E-state index contributed by atoms with van der Waals surface area (Å²) in [5.74, 6) is 0.953. The van der Waals surface area contributed by atoms with Crippen LogP contribution in [0.3, 0.4) is 0 Å². The Morgan fingerprint density at radius 3 is 3.04 bits per heavy atom. The maximum absolute atomic E-state index is 9.04. The Morgan fingerprint density at radius 1 is 1.33 bits per heavy atom. The number of anilines is 1. The number of imidazole rings is 1. The molecule has 4 nitrogen and oxygen atoms in total. The number of fused-ring (bicyclic) bond motifs is 3. The Bertz CT molecular complexity index is 948. The van der Waals surface area contributed by atoms with E-state index >= 15 is 0 Å². The molecule has 1 aliphatic heterocycles. The van der Waals surface area contributed by atoms with Crippen LogP contribution in [-0.2, 0) is 12.8 Å². The van der Waals surface area contributed by atoms with Gasteiger partial charge in [0.25, 0.3) is 0 Å². The van der Waals surface area contributed by atoms with E-state index in [1.807, 2.05) is 24.3 Å². The molecular formula is C20H20N4. The molecule has 4 rings (SSSR count). The largest absolute Gasteiger partial charge is 0.372 e. The average Bonchev–Trinajstić information content (AvgIpc) is 3.01. The molecule has 0 radical (unpaired) electrons. The second kappa shape index (κ2) is 5.68. The summed E-state index contributed by atoms with van der Waals surface area (Å²) in [6.07, 6.45) is 2.95. The van der Waals surface area contributed by atoms with Crippen LogP contribution in [0.5, 0.6) is 0 Å². The lowest BCUT2D eigenvalue weighted by Crippen LogP contribution is -2.33. The van der Waals surface area contributed by atoms with Crippen LogP contribution in [0.4, 0.5) is 5.69 Å². The van der Waals surface area contributed by atoms with Gasteiger partial charge in [0, 0.05) is 30.8 Å². The first-order valence-corrected chi connectivity index (χ1v) is 8.38. The molecular weight excluding hydrogens is 296 g/mol. The summed E-state index contributed by atoms with van der Waals surface area (Å²) in [5.41, 5.74) is 6.64. The molecule has 2 aromatic carbocycles. The fraction of sp³-hybridized carbons (Fsp3) is 0.300. The zero-order valence-electron chi connectivity index (χ0n) is 14.0. The minimum absolute atomic E-state index is 0.571. The van der Waals surface area contributed by atoms with Gasteiger partial charge in [0.1, 0.15) is 5.82 Å². The minimum Gasteiger partial charge on any atom is -0.372 e. The number of nitriles is 1. The van der Waals surface area contributed by atoms with E-state index in [4.69, 9.17) is 10.2 Å². The molecule has 2 heterocycles. The van der Waals surface area contributed by atoms with Crippen LogP contribution in [-0.4, -0.2) is 23.1 Å². The number of benzene rings is 2. The summed E-state index contributed by atoms with van der Waals surface area (Å²) < 4.78 is 0. The van der Waals surface area contributed by atoms with Gasteiger partial charge in [-0.3, -0.25) is 0 Å². The molecule has 1 atom stereocenters. The molecule has 0 bridgehead atoms. The molecule has 0 amide bonds. The van der Waals surface area contributed by atoms with Crippen LogP contribution < -0.4 is 4.90 Å². The molecule has 120 valence electrons. The molecule has 0 unspecified atom stereocenters. The summed E-state index contributed by atoms with van der Waals surface area (Å²) in [6, 6.07) is 14.8. The minimum atomic E-state index is 0.571. The lowest BCUT2D eigenvalue weighted by Gasteiger charge is -2.33. The van der Waals surface area contributed by atoms with Crippen molar-refractivity contribution in [1.82, 2.24) is 9.97 Å². The van der Waals surface area contributed by atoms with Crippen LogP contribution >= 0.6 is 0 Å². The fourth-order valence-electron chi connectivity index (χ4n) is 3.56. The van der Waals surface area contributed by atoms with Crippen molar-refractivity contribution < 1.29 is 0 Å². The zero-order valence-corrected chi connectivity index (χ0v) is 14.0. The van der Waals surface area contributed by atoms with Gasteiger partial charge in [0.15, 0.2) is 0 Å². The maximum atomic E-state index is 9.04. The van der Waals surface area contributed by atoms with Crippen LogP contribution in [0.25, 0.3) is 11.0 Å². The van der Waals surface area contributed by atoms with Crippen LogP contribution in [0.1, 0.15) is 35.9 Å². The molecule has 0 spiro atoms. The number of rotatable bonds is 2. The second-order valence-corrected chi connectivity index (χ2v) is 6.63. The van der Waals surface area contributed by atoms with Gasteiger partial charge in [-0.25, -0.2) is 4.98 Å². The van der Waals surface area contributed by atoms with E-state index in [0.717, 1.165) is 35.3 Å². The van der Waals surface area contributed by atoms with E-state index in [-0.39, 0.29) is 0 Å². The first kappa shape index (κ1) is 14.8. The van der Waals surface area contributed by atoms with Crippen molar-refractivity contribution in [3.8, 4) is 6.07 Å². The topological polar surface area (TPSA) is 55.7 Å². The van der Waals surface area contributed by atoms with Gasteiger partial charge in [0.05, 0.1) is 22.7 Å². The lowest BCUT2D eigenvalue weighted by molar-refractivity contribution is 0.600. The van der Waals surface area contributed by atoms with Crippen molar-refractivity contribution in [3.05, 3.63) is 58.9 Å². The summed E-state index contributed by atoms with van der Waals surface area (Å²) in [7, 11) is 2.16. The molecule has 0 saturated carbocycles. The highest BCUT2D eigenvalue weighted by Gasteiger charge is 2.23. The van der Waals surface area contributed by atoms with Gasteiger partial charge in [0.2, 0.25) is 0 Å². The van der Waals surface area contributed by atoms with E-state index in [0.29, 0.717) is 18.0 Å². The molecule has 3 aromatic rings. The Hall–Kier alpha value is -2.80. The fourth-order valence-corrected chi connectivity index (χ4v) is 3.56. The van der Waals surface area contributed by atoms with E-state index in [1.165, 1.54) is 11.3 Å². The van der Waals surface area contributed by atoms with Gasteiger partial charge in [-0.1, -0.05) is 12.1 Å². The van der Waals surface area contributed by atoms with Crippen molar-refractivity contribution in [3.63, 3.8) is 0 Å². The van der Waals surface area contributed by atoms with Crippen LogP contribution in [0.2, 0.25) is 0 Å². The first-order chi connectivity index (χ1) is 11.7. The number of aryl methyl sites for hydroxylation is 1. The Kier molecular flexibility index (Phi) is 3.50. The number of aromatic amines is 1. The number of aromatic nitrogens is 2. The predicted octanol–water partition coefficient (Wildman–Crippen LogP) is 3.80. The van der Waals surface area contributed by atoms with E-state index < -0.39 is 0 Å². The molecule has 1 N–H and O–H groups in total. The molecule has 24 heavy (non-hydrogen) atoms. The summed E-state index contributed by atoms with van der Waals surface area (Å²) in [6.45, 7) is 2.27. The normalized spacial score (nSPS) is 16.9. The first-order valence-electron chi connectivity index (χ1n) is 8.38. The van der Waals surface area contributed by atoms with E-state index in [1.54, 1.807) is 0 Å². The van der Waals surface area contributed by atoms with Gasteiger partial charge in [-0.15, -0.1) is 0 Å². The predicted molar refractivity (Wildman–Crippen MR) is 96.2 cm³/mol. The number of H-pyrrole nitrogens is 1. The number of nitrogens with one attached hydrogen (secondary N) is 1. The van der Waals surface area contributed by atoms with Crippen molar-refractivity contribution in [1.29, 1.82) is 5.26 Å². The SMILES string of the molecule is C[C@H]1CCc2c(ccc3[nH]c(Cc4cccc(C#N)c4)nc23)N1C.